The van der Waals surface area contributed by atoms with Gasteiger partial charge in [0.15, 0.2) is 0 Å². The highest BCUT2D eigenvalue weighted by Gasteiger charge is 2.46. The number of aryl methyl sites for hydroxylation is 1. The van der Waals surface area contributed by atoms with Crippen LogP contribution in [0.4, 0.5) is 0 Å². The van der Waals surface area contributed by atoms with Gasteiger partial charge in [-0.15, -0.1) is 0 Å². The highest BCUT2D eigenvalue weighted by atomic mass is 16.5. The number of hydrogen-bond donors (Lipinski definition) is 1. The van der Waals surface area contributed by atoms with Crippen molar-refractivity contribution >= 4 is 0 Å². The van der Waals surface area contributed by atoms with Crippen molar-refractivity contribution < 1.29 is 9.84 Å². The standard InChI is InChI=1S/C20H28O2/c1-5-7-14-11-17(21)19-15-10-13(3)8-9-16(15)20(4,6-2)22-18(19)12-14/h10-12,15-16,21H,5-9H2,1-4H3. The fourth-order valence-corrected chi connectivity index (χ4v) is 4.22. The molecule has 120 valence electrons. The van der Waals surface area contributed by atoms with Crippen LogP contribution in [0.5, 0.6) is 11.5 Å². The number of hydrogen-bond acceptors (Lipinski definition) is 2. The molecule has 1 N–H and O–H groups in total. The summed E-state index contributed by atoms with van der Waals surface area (Å²) in [4.78, 5) is 0. The second-order valence-corrected chi connectivity index (χ2v) is 7.23. The Labute approximate surface area is 134 Å². The zero-order valence-corrected chi connectivity index (χ0v) is 14.3. The molecule has 3 rings (SSSR count). The predicted octanol–water partition coefficient (Wildman–Crippen LogP) is 5.35. The largest absolute Gasteiger partial charge is 0.507 e. The summed E-state index contributed by atoms with van der Waals surface area (Å²) in [6, 6.07) is 4.09. The first-order valence-corrected chi connectivity index (χ1v) is 8.70. The summed E-state index contributed by atoms with van der Waals surface area (Å²) < 4.78 is 6.45. The number of aromatic hydroxyl groups is 1. The van der Waals surface area contributed by atoms with Crippen LogP contribution in [-0.2, 0) is 6.42 Å². The quantitative estimate of drug-likeness (QED) is 0.763. The maximum absolute atomic E-state index is 10.6. The van der Waals surface area contributed by atoms with Crippen molar-refractivity contribution in [2.75, 3.05) is 0 Å². The second kappa shape index (κ2) is 5.64. The average molecular weight is 300 g/mol. The Hall–Kier alpha value is -1.44. The van der Waals surface area contributed by atoms with Crippen molar-refractivity contribution in [1.82, 2.24) is 0 Å². The van der Waals surface area contributed by atoms with Gasteiger partial charge < -0.3 is 9.84 Å². The molecule has 3 unspecified atom stereocenters. The topological polar surface area (TPSA) is 29.5 Å². The number of benzene rings is 1. The maximum Gasteiger partial charge on any atom is 0.127 e. The van der Waals surface area contributed by atoms with Gasteiger partial charge in [-0.05, 0) is 57.2 Å². The van der Waals surface area contributed by atoms with Gasteiger partial charge in [0.05, 0.1) is 0 Å². The molecule has 1 aromatic rings. The molecule has 2 heteroatoms. The lowest BCUT2D eigenvalue weighted by molar-refractivity contribution is -0.00904. The molecular weight excluding hydrogens is 272 g/mol. The van der Waals surface area contributed by atoms with Crippen LogP contribution >= 0.6 is 0 Å². The van der Waals surface area contributed by atoms with Crippen LogP contribution in [0.25, 0.3) is 0 Å². The van der Waals surface area contributed by atoms with Crippen LogP contribution in [-0.4, -0.2) is 10.7 Å². The molecular formula is C20H28O2. The Kier molecular flexibility index (Phi) is 3.96. The minimum absolute atomic E-state index is 0.133. The normalized spacial score (nSPS) is 30.1. The van der Waals surface area contributed by atoms with Gasteiger partial charge in [0.1, 0.15) is 17.1 Å². The van der Waals surface area contributed by atoms with E-state index in [0.29, 0.717) is 11.7 Å². The molecule has 1 aliphatic heterocycles. The van der Waals surface area contributed by atoms with Crippen LogP contribution in [0.2, 0.25) is 0 Å². The average Bonchev–Trinajstić information content (AvgIpc) is 2.46. The Morgan fingerprint density at radius 2 is 2.09 bits per heavy atom. The summed E-state index contributed by atoms with van der Waals surface area (Å²) >= 11 is 0. The molecule has 1 aromatic carbocycles. The molecule has 1 aliphatic carbocycles. The van der Waals surface area contributed by atoms with E-state index < -0.39 is 0 Å². The SMILES string of the molecule is CCCc1cc(O)c2c(c1)OC(C)(CC)C1CCC(C)=CC21. The fourth-order valence-electron chi connectivity index (χ4n) is 4.22. The first-order chi connectivity index (χ1) is 10.5. The molecule has 0 radical (unpaired) electrons. The zero-order valence-electron chi connectivity index (χ0n) is 14.3. The molecule has 1 heterocycles. The van der Waals surface area contributed by atoms with Crippen LogP contribution < -0.4 is 4.74 Å². The molecule has 2 nitrogen and oxygen atoms in total. The van der Waals surface area contributed by atoms with E-state index >= 15 is 0 Å². The van der Waals surface area contributed by atoms with Gasteiger partial charge in [-0.25, -0.2) is 0 Å². The van der Waals surface area contributed by atoms with Crippen molar-refractivity contribution in [2.24, 2.45) is 5.92 Å². The number of rotatable bonds is 3. The van der Waals surface area contributed by atoms with E-state index in [0.717, 1.165) is 43.4 Å². The second-order valence-electron chi connectivity index (χ2n) is 7.23. The van der Waals surface area contributed by atoms with Gasteiger partial charge in [0.25, 0.3) is 0 Å². The predicted molar refractivity (Wildman–Crippen MR) is 90.6 cm³/mol. The van der Waals surface area contributed by atoms with E-state index in [1.54, 1.807) is 0 Å². The molecule has 0 fully saturated rings. The van der Waals surface area contributed by atoms with Crippen molar-refractivity contribution in [3.8, 4) is 11.5 Å². The molecule has 0 spiro atoms. The first kappa shape index (κ1) is 15.5. The van der Waals surface area contributed by atoms with E-state index in [2.05, 4.69) is 39.8 Å². The summed E-state index contributed by atoms with van der Waals surface area (Å²) in [6.07, 6.45) is 7.71. The minimum Gasteiger partial charge on any atom is -0.507 e. The Morgan fingerprint density at radius 3 is 2.77 bits per heavy atom. The van der Waals surface area contributed by atoms with Crippen LogP contribution in [0.3, 0.4) is 0 Å². The number of phenols is 1. The summed E-state index contributed by atoms with van der Waals surface area (Å²) in [5.74, 6) is 2.06. The smallest absolute Gasteiger partial charge is 0.127 e. The summed E-state index contributed by atoms with van der Waals surface area (Å²) in [5, 5.41) is 10.6. The van der Waals surface area contributed by atoms with Crippen molar-refractivity contribution in [1.29, 1.82) is 0 Å². The third-order valence-corrected chi connectivity index (χ3v) is 5.63. The van der Waals surface area contributed by atoms with Crippen molar-refractivity contribution in [2.45, 2.75) is 71.3 Å². The van der Waals surface area contributed by atoms with Crippen molar-refractivity contribution in [3.63, 3.8) is 0 Å². The molecule has 0 bridgehead atoms. The lowest BCUT2D eigenvalue weighted by Gasteiger charge is -2.48. The molecule has 22 heavy (non-hydrogen) atoms. The molecule has 0 aromatic heterocycles. The molecule has 0 saturated carbocycles. The van der Waals surface area contributed by atoms with Gasteiger partial charge in [-0.2, -0.15) is 0 Å². The van der Waals surface area contributed by atoms with E-state index in [-0.39, 0.29) is 11.5 Å². The molecule has 2 aliphatic rings. The number of phenolic OH excluding ortho intramolecular Hbond substituents is 1. The lowest BCUT2D eigenvalue weighted by atomic mass is 9.66. The number of ether oxygens (including phenoxy) is 1. The Morgan fingerprint density at radius 1 is 1.32 bits per heavy atom. The molecule has 0 amide bonds. The first-order valence-electron chi connectivity index (χ1n) is 8.70. The third kappa shape index (κ3) is 2.43. The van der Waals surface area contributed by atoms with Gasteiger partial charge in [-0.3, -0.25) is 0 Å². The van der Waals surface area contributed by atoms with Gasteiger partial charge >= 0.3 is 0 Å². The molecule has 0 saturated heterocycles. The maximum atomic E-state index is 10.6. The molecule has 3 atom stereocenters. The van der Waals surface area contributed by atoms with Crippen molar-refractivity contribution in [3.05, 3.63) is 34.9 Å². The minimum atomic E-state index is -0.133. The monoisotopic (exact) mass is 300 g/mol. The highest BCUT2D eigenvalue weighted by molar-refractivity contribution is 5.54. The summed E-state index contributed by atoms with van der Waals surface area (Å²) in [5.41, 5.74) is 3.48. The Bertz CT molecular complexity index is 602. The van der Waals surface area contributed by atoms with Crippen LogP contribution in [0, 0.1) is 5.92 Å². The van der Waals surface area contributed by atoms with Crippen LogP contribution in [0.1, 0.15) is 70.4 Å². The van der Waals surface area contributed by atoms with E-state index in [4.69, 9.17) is 4.74 Å². The number of fused-ring (bicyclic) bond motifs is 3. The third-order valence-electron chi connectivity index (χ3n) is 5.63. The lowest BCUT2D eigenvalue weighted by Crippen LogP contribution is -2.47. The fraction of sp³-hybridized carbons (Fsp3) is 0.600. The van der Waals surface area contributed by atoms with Gasteiger partial charge in [0, 0.05) is 17.4 Å². The highest BCUT2D eigenvalue weighted by Crippen LogP contribution is 2.54. The zero-order chi connectivity index (χ0) is 15.9. The van der Waals surface area contributed by atoms with Crippen LogP contribution in [0.15, 0.2) is 23.8 Å². The van der Waals surface area contributed by atoms with Gasteiger partial charge in [-0.1, -0.05) is 31.9 Å². The van der Waals surface area contributed by atoms with E-state index in [9.17, 15) is 5.11 Å². The summed E-state index contributed by atoms with van der Waals surface area (Å²) in [7, 11) is 0. The summed E-state index contributed by atoms with van der Waals surface area (Å²) in [6.45, 7) is 8.82. The van der Waals surface area contributed by atoms with E-state index in [1.807, 2.05) is 6.07 Å². The number of allylic oxidation sites excluding steroid dienone is 2. The Balaban J connectivity index is 2.14. The van der Waals surface area contributed by atoms with E-state index in [1.165, 1.54) is 11.1 Å². The van der Waals surface area contributed by atoms with Gasteiger partial charge in [0.2, 0.25) is 0 Å².